The predicted octanol–water partition coefficient (Wildman–Crippen LogP) is 4.20. The molecular formula is C16H21NO2S. The molecule has 1 rings (SSSR count). The zero-order chi connectivity index (χ0) is 15.1. The number of amides is 1. The summed E-state index contributed by atoms with van der Waals surface area (Å²) in [5.41, 5.74) is 0.913. The number of benzene rings is 1. The number of hydrogen-bond donors (Lipinski definition) is 0. The Morgan fingerprint density at radius 1 is 1.10 bits per heavy atom. The van der Waals surface area contributed by atoms with Crippen LogP contribution < -0.4 is 0 Å². The van der Waals surface area contributed by atoms with Crippen molar-refractivity contribution in [1.29, 1.82) is 0 Å². The van der Waals surface area contributed by atoms with E-state index in [0.717, 1.165) is 23.6 Å². The number of thioether (sulfide) groups is 1. The van der Waals surface area contributed by atoms with Gasteiger partial charge in [-0.3, -0.25) is 9.59 Å². The maximum Gasteiger partial charge on any atom is 0.287 e. The molecule has 0 aromatic heterocycles. The first kappa shape index (κ1) is 16.5. The minimum atomic E-state index is -0.0933. The summed E-state index contributed by atoms with van der Waals surface area (Å²) < 4.78 is 0. The van der Waals surface area contributed by atoms with Crippen molar-refractivity contribution in [3.05, 3.63) is 40.8 Å². The number of allylic oxidation sites excluding steroid dienone is 1. The monoisotopic (exact) mass is 291 g/mol. The molecule has 0 heterocycles. The Hall–Kier alpha value is -1.55. The van der Waals surface area contributed by atoms with Gasteiger partial charge in [0.15, 0.2) is 6.29 Å². The second kappa shape index (κ2) is 7.90. The lowest BCUT2D eigenvalue weighted by Gasteiger charge is -2.30. The standard InChI is InChI=1S/C16H21NO2S/c1-12(2)17(13(3)4)16(19)20-15(11-18)10-14-8-6-5-7-9-14/h5-13H,1-4H3/b15-10-. The number of hydrogen-bond acceptors (Lipinski definition) is 3. The third-order valence-electron chi connectivity index (χ3n) is 2.75. The lowest BCUT2D eigenvalue weighted by atomic mass is 10.2. The van der Waals surface area contributed by atoms with E-state index in [0.29, 0.717) is 4.91 Å². The molecule has 0 atom stereocenters. The van der Waals surface area contributed by atoms with Crippen LogP contribution in [0.1, 0.15) is 33.3 Å². The largest absolute Gasteiger partial charge is 0.328 e. The van der Waals surface area contributed by atoms with Crippen molar-refractivity contribution < 1.29 is 9.59 Å². The zero-order valence-corrected chi connectivity index (χ0v) is 13.2. The van der Waals surface area contributed by atoms with Crippen molar-refractivity contribution in [3.8, 4) is 0 Å². The highest BCUT2D eigenvalue weighted by atomic mass is 32.2. The van der Waals surface area contributed by atoms with E-state index in [1.807, 2.05) is 58.0 Å². The van der Waals surface area contributed by atoms with E-state index in [2.05, 4.69) is 0 Å². The zero-order valence-electron chi connectivity index (χ0n) is 12.4. The first-order valence-electron chi connectivity index (χ1n) is 6.67. The molecule has 0 radical (unpaired) electrons. The van der Waals surface area contributed by atoms with E-state index < -0.39 is 0 Å². The molecule has 4 heteroatoms. The van der Waals surface area contributed by atoms with E-state index in [1.165, 1.54) is 0 Å². The molecule has 1 aromatic carbocycles. The molecule has 108 valence electrons. The van der Waals surface area contributed by atoms with Gasteiger partial charge in [-0.2, -0.15) is 0 Å². The summed E-state index contributed by atoms with van der Waals surface area (Å²) in [4.78, 5) is 25.6. The van der Waals surface area contributed by atoms with Gasteiger partial charge in [-0.25, -0.2) is 0 Å². The summed E-state index contributed by atoms with van der Waals surface area (Å²) >= 11 is 0.984. The Bertz CT molecular complexity index is 473. The Morgan fingerprint density at radius 3 is 2.10 bits per heavy atom. The van der Waals surface area contributed by atoms with Crippen LogP contribution in [0.2, 0.25) is 0 Å². The summed E-state index contributed by atoms with van der Waals surface area (Å²) in [5, 5.41) is -0.0933. The van der Waals surface area contributed by atoms with Gasteiger partial charge in [0.25, 0.3) is 5.24 Å². The fourth-order valence-corrected chi connectivity index (χ4v) is 2.94. The molecule has 0 aliphatic heterocycles. The van der Waals surface area contributed by atoms with Crippen molar-refractivity contribution in [2.24, 2.45) is 0 Å². The molecule has 20 heavy (non-hydrogen) atoms. The van der Waals surface area contributed by atoms with E-state index in [9.17, 15) is 9.59 Å². The fourth-order valence-electron chi connectivity index (χ4n) is 1.97. The molecule has 0 saturated carbocycles. The van der Waals surface area contributed by atoms with Crippen LogP contribution >= 0.6 is 11.8 Å². The van der Waals surface area contributed by atoms with Gasteiger partial charge in [0.2, 0.25) is 0 Å². The predicted molar refractivity (Wildman–Crippen MR) is 85.6 cm³/mol. The number of rotatable bonds is 5. The van der Waals surface area contributed by atoms with Gasteiger partial charge < -0.3 is 4.90 Å². The van der Waals surface area contributed by atoms with Crippen LogP contribution in [0.5, 0.6) is 0 Å². The Balaban J connectivity index is 2.86. The maximum absolute atomic E-state index is 12.3. The van der Waals surface area contributed by atoms with Gasteiger partial charge in [0.1, 0.15) is 0 Å². The summed E-state index contributed by atoms with van der Waals surface area (Å²) in [6, 6.07) is 9.73. The molecule has 3 nitrogen and oxygen atoms in total. The molecule has 0 aliphatic carbocycles. The normalized spacial score (nSPS) is 11.8. The average Bonchev–Trinajstić information content (AvgIpc) is 2.38. The van der Waals surface area contributed by atoms with Crippen LogP contribution in [-0.2, 0) is 4.79 Å². The Morgan fingerprint density at radius 2 is 1.65 bits per heavy atom. The molecule has 0 N–H and O–H groups in total. The second-order valence-corrected chi connectivity index (χ2v) is 6.06. The molecule has 0 aliphatic rings. The smallest absolute Gasteiger partial charge is 0.287 e. The summed E-state index contributed by atoms with van der Waals surface area (Å²) in [6.45, 7) is 7.89. The van der Waals surface area contributed by atoms with Crippen LogP contribution in [0.4, 0.5) is 4.79 Å². The van der Waals surface area contributed by atoms with E-state index in [1.54, 1.807) is 11.0 Å². The highest BCUT2D eigenvalue weighted by Gasteiger charge is 2.21. The molecule has 0 bridgehead atoms. The number of nitrogens with zero attached hydrogens (tertiary/aromatic N) is 1. The lowest BCUT2D eigenvalue weighted by Crippen LogP contribution is -2.39. The number of carbonyl (C=O) groups excluding carboxylic acids is 2. The molecule has 0 saturated heterocycles. The van der Waals surface area contributed by atoms with Crippen LogP contribution in [0.3, 0.4) is 0 Å². The van der Waals surface area contributed by atoms with Gasteiger partial charge in [-0.05, 0) is 51.1 Å². The molecule has 1 aromatic rings. The minimum Gasteiger partial charge on any atom is -0.328 e. The fraction of sp³-hybridized carbons (Fsp3) is 0.375. The second-order valence-electron chi connectivity index (χ2n) is 5.04. The average molecular weight is 291 g/mol. The molecular weight excluding hydrogens is 270 g/mol. The van der Waals surface area contributed by atoms with Gasteiger partial charge in [-0.1, -0.05) is 30.3 Å². The van der Waals surface area contributed by atoms with Crippen molar-refractivity contribution in [1.82, 2.24) is 4.90 Å². The van der Waals surface area contributed by atoms with E-state index >= 15 is 0 Å². The van der Waals surface area contributed by atoms with Crippen molar-refractivity contribution >= 4 is 29.4 Å². The van der Waals surface area contributed by atoms with E-state index in [-0.39, 0.29) is 17.3 Å². The van der Waals surface area contributed by atoms with E-state index in [4.69, 9.17) is 0 Å². The Kier molecular flexibility index (Phi) is 6.52. The van der Waals surface area contributed by atoms with Gasteiger partial charge in [-0.15, -0.1) is 0 Å². The maximum atomic E-state index is 12.3. The highest BCUT2D eigenvalue weighted by molar-refractivity contribution is 8.17. The summed E-state index contributed by atoms with van der Waals surface area (Å²) in [5.74, 6) is 0. The van der Waals surface area contributed by atoms with Crippen LogP contribution in [-0.4, -0.2) is 28.5 Å². The first-order chi connectivity index (χ1) is 9.45. The third kappa shape index (κ3) is 4.85. The quantitative estimate of drug-likeness (QED) is 0.603. The SMILES string of the molecule is CC(C)N(C(=O)S/C(C=O)=C\c1ccccc1)C(C)C. The van der Waals surface area contributed by atoms with Crippen LogP contribution in [0.25, 0.3) is 6.08 Å². The third-order valence-corrected chi connectivity index (χ3v) is 3.59. The minimum absolute atomic E-state index is 0.0933. The summed E-state index contributed by atoms with van der Waals surface area (Å²) in [7, 11) is 0. The van der Waals surface area contributed by atoms with Gasteiger partial charge in [0, 0.05) is 12.1 Å². The number of aldehydes is 1. The van der Waals surface area contributed by atoms with Crippen LogP contribution in [0, 0.1) is 0 Å². The van der Waals surface area contributed by atoms with Crippen LogP contribution in [0.15, 0.2) is 35.2 Å². The highest BCUT2D eigenvalue weighted by Crippen LogP contribution is 2.23. The molecule has 0 spiro atoms. The lowest BCUT2D eigenvalue weighted by molar-refractivity contribution is -0.104. The van der Waals surface area contributed by atoms with Crippen molar-refractivity contribution in [3.63, 3.8) is 0 Å². The number of carbonyl (C=O) groups is 2. The first-order valence-corrected chi connectivity index (χ1v) is 7.49. The Labute approximate surface area is 125 Å². The van der Waals surface area contributed by atoms with Crippen molar-refractivity contribution in [2.45, 2.75) is 39.8 Å². The topological polar surface area (TPSA) is 37.4 Å². The molecule has 0 fully saturated rings. The molecule has 1 amide bonds. The van der Waals surface area contributed by atoms with Crippen molar-refractivity contribution in [2.75, 3.05) is 0 Å². The summed E-state index contributed by atoms with van der Waals surface area (Å²) in [6.07, 6.45) is 2.46. The van der Waals surface area contributed by atoms with Gasteiger partial charge in [0.05, 0.1) is 4.91 Å². The van der Waals surface area contributed by atoms with Gasteiger partial charge >= 0.3 is 0 Å². The molecule has 0 unspecified atom stereocenters.